The Morgan fingerprint density at radius 2 is 1.95 bits per heavy atom. The van der Waals surface area contributed by atoms with Gasteiger partial charge < -0.3 is 10.1 Å². The van der Waals surface area contributed by atoms with Crippen molar-refractivity contribution < 1.29 is 9.50 Å². The Morgan fingerprint density at radius 1 is 1.15 bits per heavy atom. The molecule has 1 unspecified atom stereocenters. The number of rotatable bonds is 3. The van der Waals surface area contributed by atoms with E-state index in [1.807, 2.05) is 36.5 Å². The third kappa shape index (κ3) is 2.32. The summed E-state index contributed by atoms with van der Waals surface area (Å²) in [7, 11) is 0. The normalized spacial score (nSPS) is 14.3. The molecule has 2 N–H and O–H groups in total. The summed E-state index contributed by atoms with van der Waals surface area (Å²) < 4.78 is 13.3. The van der Waals surface area contributed by atoms with Gasteiger partial charge in [-0.2, -0.15) is 0 Å². The Kier molecular flexibility index (Phi) is 3.07. The fraction of sp³-hybridized carbons (Fsp3) is 0.176. The lowest BCUT2D eigenvalue weighted by molar-refractivity contribution is 0.0591. The molecule has 3 heteroatoms. The first-order valence-corrected chi connectivity index (χ1v) is 6.60. The summed E-state index contributed by atoms with van der Waals surface area (Å²) in [5, 5.41) is 11.8. The topological polar surface area (TPSA) is 36.0 Å². The number of nitrogens with one attached hydrogen (secondary N) is 1. The van der Waals surface area contributed by atoms with E-state index in [-0.39, 0.29) is 5.82 Å². The highest BCUT2D eigenvalue weighted by Gasteiger charge is 2.25. The first-order valence-electron chi connectivity index (χ1n) is 6.60. The van der Waals surface area contributed by atoms with Gasteiger partial charge >= 0.3 is 0 Å². The Labute approximate surface area is 116 Å². The maximum absolute atomic E-state index is 13.3. The van der Waals surface area contributed by atoms with Gasteiger partial charge in [0.25, 0.3) is 0 Å². The lowest BCUT2D eigenvalue weighted by Crippen LogP contribution is -2.24. The van der Waals surface area contributed by atoms with Gasteiger partial charge in [0.2, 0.25) is 0 Å². The lowest BCUT2D eigenvalue weighted by Gasteiger charge is -2.25. The van der Waals surface area contributed by atoms with E-state index < -0.39 is 5.60 Å². The molecule has 0 bridgehead atoms. The number of halogens is 1. The number of aliphatic hydroxyl groups is 1. The zero-order chi connectivity index (χ0) is 14.2. The third-order valence-electron chi connectivity index (χ3n) is 3.61. The van der Waals surface area contributed by atoms with Crippen LogP contribution in [0.1, 0.15) is 18.1 Å². The number of hydrogen-bond acceptors (Lipinski definition) is 1. The molecule has 0 radical (unpaired) electrons. The lowest BCUT2D eigenvalue weighted by atomic mass is 9.87. The largest absolute Gasteiger partial charge is 0.385 e. The second kappa shape index (κ2) is 4.76. The molecule has 0 aliphatic heterocycles. The highest BCUT2D eigenvalue weighted by Crippen LogP contribution is 2.31. The van der Waals surface area contributed by atoms with E-state index in [0.717, 1.165) is 22.0 Å². The molecule has 0 spiro atoms. The monoisotopic (exact) mass is 269 g/mol. The minimum Gasteiger partial charge on any atom is -0.385 e. The fourth-order valence-electron chi connectivity index (χ4n) is 2.69. The van der Waals surface area contributed by atoms with Gasteiger partial charge in [-0.3, -0.25) is 0 Å². The summed E-state index contributed by atoms with van der Waals surface area (Å²) in [6.07, 6.45) is 2.22. The van der Waals surface area contributed by atoms with Gasteiger partial charge in [0, 0.05) is 23.5 Å². The van der Waals surface area contributed by atoms with Gasteiger partial charge in [0.15, 0.2) is 0 Å². The quantitative estimate of drug-likeness (QED) is 0.746. The second-order valence-electron chi connectivity index (χ2n) is 5.33. The predicted molar refractivity (Wildman–Crippen MR) is 78.0 cm³/mol. The molecule has 2 nitrogen and oxygen atoms in total. The average Bonchev–Trinajstić information content (AvgIpc) is 2.85. The second-order valence-corrected chi connectivity index (χ2v) is 5.33. The van der Waals surface area contributed by atoms with Crippen LogP contribution in [0.15, 0.2) is 54.7 Å². The number of hydrogen-bond donors (Lipinski definition) is 2. The maximum Gasteiger partial charge on any atom is 0.123 e. The molecule has 3 rings (SSSR count). The minimum atomic E-state index is -1.05. The van der Waals surface area contributed by atoms with Crippen LogP contribution in [0.2, 0.25) is 0 Å². The van der Waals surface area contributed by atoms with Gasteiger partial charge in [0.05, 0.1) is 5.60 Å². The van der Waals surface area contributed by atoms with E-state index in [1.165, 1.54) is 12.1 Å². The third-order valence-corrected chi connectivity index (χ3v) is 3.61. The van der Waals surface area contributed by atoms with E-state index in [1.54, 1.807) is 13.0 Å². The number of fused-ring (bicyclic) bond motifs is 1. The van der Waals surface area contributed by atoms with Crippen LogP contribution in [0.25, 0.3) is 10.9 Å². The van der Waals surface area contributed by atoms with Crippen molar-refractivity contribution in [1.82, 2.24) is 4.98 Å². The first kappa shape index (κ1) is 12.9. The highest BCUT2D eigenvalue weighted by molar-refractivity contribution is 5.83. The van der Waals surface area contributed by atoms with Crippen LogP contribution in [0, 0.1) is 5.82 Å². The molecular formula is C17H16FNO. The molecule has 0 saturated carbocycles. The van der Waals surface area contributed by atoms with Gasteiger partial charge in [-0.15, -0.1) is 0 Å². The van der Waals surface area contributed by atoms with Crippen molar-refractivity contribution in [3.05, 3.63) is 71.7 Å². The summed E-state index contributed by atoms with van der Waals surface area (Å²) in [5.41, 5.74) is 1.57. The van der Waals surface area contributed by atoms with Crippen molar-refractivity contribution in [2.75, 3.05) is 0 Å². The van der Waals surface area contributed by atoms with Gasteiger partial charge in [-0.25, -0.2) is 4.39 Å². The number of aromatic nitrogens is 1. The molecule has 3 aromatic rings. The summed E-state index contributed by atoms with van der Waals surface area (Å²) in [5.74, 6) is -0.279. The Hall–Kier alpha value is -2.13. The first-order chi connectivity index (χ1) is 9.56. The molecule has 1 atom stereocenters. The SMILES string of the molecule is CC(O)(Cc1cccc(F)c1)c1cccc2[nH]ccc12. The summed E-state index contributed by atoms with van der Waals surface area (Å²) in [6, 6.07) is 14.1. The Bertz CT molecular complexity index is 745. The van der Waals surface area contributed by atoms with Crippen molar-refractivity contribution in [3.8, 4) is 0 Å². The number of H-pyrrole nitrogens is 1. The standard InChI is InChI=1S/C17H16FNO/c1-17(20,11-12-4-2-5-13(18)10-12)15-6-3-7-16-14(15)8-9-19-16/h2-10,19-20H,11H2,1H3. The van der Waals surface area contributed by atoms with Crippen LogP contribution in [0.5, 0.6) is 0 Å². The Balaban J connectivity index is 2.01. The van der Waals surface area contributed by atoms with Crippen LogP contribution >= 0.6 is 0 Å². The van der Waals surface area contributed by atoms with Crippen LogP contribution in [0.4, 0.5) is 4.39 Å². The van der Waals surface area contributed by atoms with Crippen molar-refractivity contribution in [3.63, 3.8) is 0 Å². The van der Waals surface area contributed by atoms with Crippen LogP contribution in [-0.4, -0.2) is 10.1 Å². The zero-order valence-corrected chi connectivity index (χ0v) is 11.2. The maximum atomic E-state index is 13.3. The smallest absolute Gasteiger partial charge is 0.123 e. The molecule has 0 amide bonds. The Morgan fingerprint density at radius 3 is 2.75 bits per heavy atom. The molecule has 20 heavy (non-hydrogen) atoms. The summed E-state index contributed by atoms with van der Waals surface area (Å²) in [6.45, 7) is 1.76. The molecular weight excluding hydrogens is 253 g/mol. The highest BCUT2D eigenvalue weighted by atomic mass is 19.1. The molecule has 0 saturated heterocycles. The molecule has 0 aliphatic carbocycles. The van der Waals surface area contributed by atoms with Crippen molar-refractivity contribution in [2.45, 2.75) is 18.9 Å². The molecule has 0 aliphatic rings. The average molecular weight is 269 g/mol. The minimum absolute atomic E-state index is 0.279. The fourth-order valence-corrected chi connectivity index (χ4v) is 2.69. The van der Waals surface area contributed by atoms with Gasteiger partial charge in [-0.1, -0.05) is 24.3 Å². The van der Waals surface area contributed by atoms with E-state index in [0.29, 0.717) is 6.42 Å². The summed E-state index contributed by atoms with van der Waals surface area (Å²) in [4.78, 5) is 3.13. The van der Waals surface area contributed by atoms with Crippen LogP contribution in [-0.2, 0) is 12.0 Å². The van der Waals surface area contributed by atoms with E-state index >= 15 is 0 Å². The van der Waals surface area contributed by atoms with E-state index in [2.05, 4.69) is 4.98 Å². The number of benzene rings is 2. The summed E-state index contributed by atoms with van der Waals surface area (Å²) >= 11 is 0. The van der Waals surface area contributed by atoms with Gasteiger partial charge in [-0.05, 0) is 42.3 Å². The number of aromatic amines is 1. The van der Waals surface area contributed by atoms with Crippen molar-refractivity contribution in [1.29, 1.82) is 0 Å². The van der Waals surface area contributed by atoms with Crippen LogP contribution < -0.4 is 0 Å². The van der Waals surface area contributed by atoms with Crippen molar-refractivity contribution >= 4 is 10.9 Å². The van der Waals surface area contributed by atoms with Gasteiger partial charge in [0.1, 0.15) is 5.82 Å². The van der Waals surface area contributed by atoms with E-state index in [9.17, 15) is 9.50 Å². The molecule has 0 fully saturated rings. The molecule has 102 valence electrons. The molecule has 1 heterocycles. The van der Waals surface area contributed by atoms with Crippen LogP contribution in [0.3, 0.4) is 0 Å². The van der Waals surface area contributed by atoms with E-state index in [4.69, 9.17) is 0 Å². The zero-order valence-electron chi connectivity index (χ0n) is 11.2. The van der Waals surface area contributed by atoms with Crippen molar-refractivity contribution in [2.24, 2.45) is 0 Å². The predicted octanol–water partition coefficient (Wildman–Crippen LogP) is 3.76. The molecule has 2 aromatic carbocycles. The molecule has 1 aromatic heterocycles.